The van der Waals surface area contributed by atoms with Crippen molar-refractivity contribution in [2.24, 2.45) is 6.66 Å². The van der Waals surface area contributed by atoms with Crippen molar-refractivity contribution in [3.8, 4) is 0 Å². The normalized spacial score (nSPS) is 15.4. The summed E-state index contributed by atoms with van der Waals surface area (Å²) >= 11 is -4.19. The van der Waals surface area contributed by atoms with Crippen molar-refractivity contribution >= 4 is 51.5 Å². The minimum atomic E-state index is -2.09. The smallest absolute Gasteiger partial charge is 0.0537 e. The van der Waals surface area contributed by atoms with Crippen molar-refractivity contribution in [3.63, 3.8) is 0 Å². The molecule has 282 valence electrons. The quantitative estimate of drug-likeness (QED) is 0.166. The summed E-state index contributed by atoms with van der Waals surface area (Å²) in [5, 5.41) is 0. The Kier molecular flexibility index (Phi) is 23.9. The van der Waals surface area contributed by atoms with Gasteiger partial charge in [0.05, 0.1) is 20.0 Å². The summed E-state index contributed by atoms with van der Waals surface area (Å²) in [6, 6.07) is 32.3. The first-order valence-corrected chi connectivity index (χ1v) is 25.9. The van der Waals surface area contributed by atoms with Crippen LogP contribution in [0, 0.1) is 22.3 Å². The van der Waals surface area contributed by atoms with Gasteiger partial charge in [-0.25, -0.2) is 0 Å². The maximum Gasteiger partial charge on any atom is 0.0537 e. The minimum Gasteiger partial charge on any atom is -0.358 e. The molecule has 3 aliphatic heterocycles. The van der Waals surface area contributed by atoms with E-state index in [2.05, 4.69) is 112 Å². The molecule has 6 rings (SSSR count). The van der Waals surface area contributed by atoms with Crippen LogP contribution in [0.3, 0.4) is 0 Å². The van der Waals surface area contributed by atoms with Crippen LogP contribution < -0.4 is 0 Å². The van der Waals surface area contributed by atoms with Crippen molar-refractivity contribution in [1.82, 2.24) is 33.9 Å². The minimum absolute atomic E-state index is 0. The van der Waals surface area contributed by atoms with Crippen molar-refractivity contribution in [3.05, 3.63) is 155 Å². The average molecular weight is 858 g/mol. The van der Waals surface area contributed by atoms with Gasteiger partial charge in [-0.05, 0) is 16.7 Å². The Morgan fingerprint density at radius 3 is 0.904 bits per heavy atom. The van der Waals surface area contributed by atoms with Gasteiger partial charge in [0.1, 0.15) is 0 Å². The Hall–Kier alpha value is -1.46. The fourth-order valence-corrected chi connectivity index (χ4v) is 8.77. The number of benzene rings is 3. The molecular formula is C35H52B2Cl4N9Ti2-3. The van der Waals surface area contributed by atoms with Crippen LogP contribution in [0.25, 0.3) is 0 Å². The van der Waals surface area contributed by atoms with E-state index in [1.807, 2.05) is 72.2 Å². The first-order chi connectivity index (χ1) is 23.6. The van der Waals surface area contributed by atoms with E-state index in [9.17, 15) is 0 Å². The molecule has 0 amide bonds. The largest absolute Gasteiger partial charge is 0.358 e. The second-order valence-corrected chi connectivity index (χ2v) is 21.9. The molecule has 0 radical (unpaired) electrons. The van der Waals surface area contributed by atoms with Crippen LogP contribution in [-0.4, -0.2) is 96.4 Å². The van der Waals surface area contributed by atoms with E-state index < -0.39 is 31.1 Å². The van der Waals surface area contributed by atoms with Crippen LogP contribution in [0.1, 0.15) is 16.7 Å². The molecule has 1 fully saturated rings. The monoisotopic (exact) mass is 856 g/mol. The Labute approximate surface area is 342 Å². The standard InChI is InChI=1S/C24H27N3.2C4H8BN3.3CH3.4ClH.2Ti/c1-4-10-22(11-5-1)16-25-19-26(17-23-12-6-2-7-13-23)21-27(20-25)18-24-14-8-3-9-15-24;2*1-7-3-4-8(2)5(7)6;;;;;;;;;/h1-15H,16-21H2;2*3-4H,1-2H3;3*1H3;4*1H;;/q;;;3*-1;;;;;2*+2/p-4. The zero-order chi connectivity index (χ0) is 35.2. The van der Waals surface area contributed by atoms with E-state index in [1.54, 1.807) is 0 Å². The van der Waals surface area contributed by atoms with Gasteiger partial charge in [-0.15, -0.1) is 0 Å². The molecule has 3 aromatic rings. The third kappa shape index (κ3) is 16.9. The summed E-state index contributed by atoms with van der Waals surface area (Å²) < 4.78 is 8.45. The fraction of sp³-hybridized carbons (Fsp3) is 0.286. The van der Waals surface area contributed by atoms with Gasteiger partial charge < -0.3 is 22.3 Å². The van der Waals surface area contributed by atoms with Crippen LogP contribution in [-0.2, 0) is 50.8 Å². The van der Waals surface area contributed by atoms with Gasteiger partial charge in [0, 0.05) is 19.6 Å². The summed E-state index contributed by atoms with van der Waals surface area (Å²) in [4.78, 5) is 15.5. The summed E-state index contributed by atoms with van der Waals surface area (Å²) in [7, 11) is 30.5. The van der Waals surface area contributed by atoms with E-state index in [4.69, 9.17) is 37.2 Å². The van der Waals surface area contributed by atoms with Gasteiger partial charge in [-0.1, -0.05) is 91.0 Å². The summed E-state index contributed by atoms with van der Waals surface area (Å²) in [5.74, 6) is 0. The molecule has 52 heavy (non-hydrogen) atoms. The molecule has 0 saturated carbocycles. The van der Waals surface area contributed by atoms with Gasteiger partial charge in [0.25, 0.3) is 0 Å². The Morgan fingerprint density at radius 1 is 0.462 bits per heavy atom. The molecule has 0 unspecified atom stereocenters. The van der Waals surface area contributed by atoms with Gasteiger partial charge in [-0.3, -0.25) is 14.7 Å². The molecule has 3 aliphatic rings. The zero-order valence-corrected chi connectivity index (χ0v) is 37.6. The second-order valence-electron chi connectivity index (χ2n) is 12.1. The van der Waals surface area contributed by atoms with E-state index in [1.165, 1.54) is 16.7 Å². The third-order valence-corrected chi connectivity index (χ3v) is 10.8. The van der Waals surface area contributed by atoms with Crippen molar-refractivity contribution in [1.29, 1.82) is 0 Å². The van der Waals surface area contributed by atoms with Gasteiger partial charge >= 0.3 is 161 Å². The summed E-state index contributed by atoms with van der Waals surface area (Å²) in [6.45, 7) is 5.94. The van der Waals surface area contributed by atoms with Crippen LogP contribution >= 0.6 is 37.2 Å². The van der Waals surface area contributed by atoms with Crippen molar-refractivity contribution in [2.45, 2.75) is 19.6 Å². The van der Waals surface area contributed by atoms with Crippen LogP contribution in [0.2, 0.25) is 0 Å². The summed E-state index contributed by atoms with van der Waals surface area (Å²) in [6.07, 6.45) is 7.79. The molecule has 0 atom stereocenters. The Bertz CT molecular complexity index is 1350. The van der Waals surface area contributed by atoms with Crippen LogP contribution in [0.15, 0.2) is 122 Å². The number of hydrogen-bond acceptors (Lipinski definition) is 9. The first kappa shape index (κ1) is 48.6. The molecule has 17 heteroatoms. The topological polar surface area (TPSA) is 47.4 Å². The number of rotatable bonds is 8. The molecular weight excluding hydrogens is 806 g/mol. The number of halogens is 4. The Balaban J connectivity index is 0.000000452. The molecule has 0 spiro atoms. The van der Waals surface area contributed by atoms with Gasteiger partial charge in [0.2, 0.25) is 0 Å². The molecule has 0 aliphatic carbocycles. The van der Waals surface area contributed by atoms with Crippen LogP contribution in [0.4, 0.5) is 0 Å². The van der Waals surface area contributed by atoms with E-state index in [0.29, 0.717) is 0 Å². The van der Waals surface area contributed by atoms with E-state index in [-0.39, 0.29) is 36.5 Å². The van der Waals surface area contributed by atoms with Gasteiger partial charge in [0.15, 0.2) is 0 Å². The molecule has 3 heterocycles. The molecule has 0 bridgehead atoms. The molecule has 0 aromatic heterocycles. The third-order valence-electron chi connectivity index (χ3n) is 7.90. The maximum atomic E-state index is 5.67. The van der Waals surface area contributed by atoms with Gasteiger partial charge in [-0.2, -0.15) is 0 Å². The predicted octanol–water partition coefficient (Wildman–Crippen LogP) is 8.59. The second kappa shape index (κ2) is 25.6. The molecule has 1 saturated heterocycles. The molecule has 0 N–H and O–H groups in total. The molecule has 9 nitrogen and oxygen atoms in total. The first-order valence-electron chi connectivity index (χ1n) is 15.9. The maximum absolute atomic E-state index is 5.67. The van der Waals surface area contributed by atoms with E-state index in [0.717, 1.165) is 39.6 Å². The van der Waals surface area contributed by atoms with Crippen molar-refractivity contribution < 1.29 is 31.1 Å². The summed E-state index contributed by atoms with van der Waals surface area (Å²) in [5.41, 5.74) is 4.12. The number of nitrogens with zero attached hydrogens (tertiary/aromatic N) is 9. The Morgan fingerprint density at radius 2 is 0.692 bits per heavy atom. The number of hydrogen-bond donors (Lipinski definition) is 0. The van der Waals surface area contributed by atoms with Crippen molar-refractivity contribution in [2.75, 3.05) is 48.2 Å². The average Bonchev–Trinajstić information content (AvgIpc) is 3.56. The zero-order valence-electron chi connectivity index (χ0n) is 31.4. The van der Waals surface area contributed by atoms with E-state index >= 15 is 0 Å². The fourth-order valence-electron chi connectivity index (χ4n) is 5.65. The molecule has 3 aromatic carbocycles. The van der Waals surface area contributed by atoms with Crippen LogP contribution in [0.5, 0.6) is 0 Å². The SMILES string of the molecule is CN1C=CN(C)B1[N]=[Ti]([Cl])[Cl].CN1C=CN(C)B1[N]=[Ti]([Cl])[Cl].[CH3-].[CH3-].[CH3-].c1ccc(CN2CN(Cc3ccccc3)CN(Cc3ccccc3)C2)cc1. The predicted molar refractivity (Wildman–Crippen MR) is 219 cm³/mol.